The minimum Gasteiger partial charge on any atom is -0.493 e. The Morgan fingerprint density at radius 2 is 2.04 bits per heavy atom. The van der Waals surface area contributed by atoms with E-state index < -0.39 is 11.6 Å². The lowest BCUT2D eigenvalue weighted by Gasteiger charge is -2.36. The molecule has 1 aliphatic rings. The van der Waals surface area contributed by atoms with Gasteiger partial charge < -0.3 is 20.9 Å². The van der Waals surface area contributed by atoms with E-state index in [1.54, 1.807) is 24.3 Å². The molecule has 2 rings (SSSR count). The fraction of sp³-hybridized carbons (Fsp3) is 0.438. The predicted octanol–water partition coefficient (Wildman–Crippen LogP) is 0.855. The van der Waals surface area contributed by atoms with Crippen molar-refractivity contribution < 1.29 is 19.1 Å². The number of benzene rings is 1. The maximum atomic E-state index is 11.5. The number of aliphatic imine (C=N–C) groups is 2. The Kier molecular flexibility index (Phi) is 5.81. The third-order valence-electron chi connectivity index (χ3n) is 3.36. The largest absolute Gasteiger partial charge is 0.493 e. The van der Waals surface area contributed by atoms with Crippen molar-refractivity contribution in [2.24, 2.45) is 21.5 Å². The van der Waals surface area contributed by atoms with Gasteiger partial charge in [-0.15, -0.1) is 0 Å². The number of carbonyl (C=O) groups excluding carboxylic acids is 1. The van der Waals surface area contributed by atoms with Gasteiger partial charge in [0.2, 0.25) is 11.9 Å². The minimum atomic E-state index is -0.731. The van der Waals surface area contributed by atoms with Gasteiger partial charge in [0.25, 0.3) is 0 Å². The first-order chi connectivity index (χ1) is 11.8. The summed E-state index contributed by atoms with van der Waals surface area (Å²) < 4.78 is 10.3. The first-order valence-electron chi connectivity index (χ1n) is 7.77. The zero-order chi connectivity index (χ0) is 18.4. The van der Waals surface area contributed by atoms with Crippen LogP contribution >= 0.6 is 0 Å². The summed E-state index contributed by atoms with van der Waals surface area (Å²) in [6, 6.07) is 6.79. The van der Waals surface area contributed by atoms with Crippen LogP contribution in [0, 0.1) is 0 Å². The van der Waals surface area contributed by atoms with Crippen molar-refractivity contribution in [1.29, 1.82) is 0 Å². The number of guanidine groups is 2. The Morgan fingerprint density at radius 3 is 2.72 bits per heavy atom. The second kappa shape index (κ2) is 7.84. The van der Waals surface area contributed by atoms with Crippen LogP contribution in [0.2, 0.25) is 0 Å². The van der Waals surface area contributed by atoms with Gasteiger partial charge in [0.1, 0.15) is 5.75 Å². The Hall–Kier alpha value is -2.81. The second-order valence-corrected chi connectivity index (χ2v) is 5.78. The number of nitrogens with zero attached hydrogens (tertiary/aromatic N) is 3. The summed E-state index contributed by atoms with van der Waals surface area (Å²) in [6.45, 7) is 4.39. The summed E-state index contributed by atoms with van der Waals surface area (Å²) in [5.74, 6) is 0.454. The molecule has 1 heterocycles. The molecule has 1 aliphatic heterocycles. The van der Waals surface area contributed by atoms with E-state index in [4.69, 9.17) is 21.0 Å². The van der Waals surface area contributed by atoms with E-state index in [9.17, 15) is 4.79 Å². The van der Waals surface area contributed by atoms with E-state index in [1.807, 2.05) is 13.8 Å². The molecule has 136 valence electrons. The highest BCUT2D eigenvalue weighted by atomic mass is 16.7. The van der Waals surface area contributed by atoms with Crippen LogP contribution in [-0.4, -0.2) is 48.9 Å². The number of nitrogens with two attached hydrogens (primary N) is 2. The van der Waals surface area contributed by atoms with Gasteiger partial charge in [-0.1, -0.05) is 6.07 Å². The fourth-order valence-electron chi connectivity index (χ4n) is 2.25. The number of methoxy groups -OCH3 is 1. The minimum absolute atomic E-state index is 0.121. The molecule has 0 radical (unpaired) electrons. The first-order valence-corrected chi connectivity index (χ1v) is 7.77. The van der Waals surface area contributed by atoms with Crippen LogP contribution < -0.4 is 16.2 Å². The molecule has 9 heteroatoms. The summed E-state index contributed by atoms with van der Waals surface area (Å²) in [5, 5.41) is 1.42. The van der Waals surface area contributed by atoms with E-state index >= 15 is 0 Å². The van der Waals surface area contributed by atoms with Crippen LogP contribution in [0.3, 0.4) is 0 Å². The lowest BCUT2D eigenvalue weighted by molar-refractivity contribution is -0.158. The van der Waals surface area contributed by atoms with Crippen LogP contribution in [0.4, 0.5) is 0 Å². The monoisotopic (exact) mass is 349 g/mol. The Balaban J connectivity index is 1.79. The lowest BCUT2D eigenvalue weighted by atomic mass is 10.2. The van der Waals surface area contributed by atoms with Gasteiger partial charge in [0, 0.05) is 6.42 Å². The molecular weight excluding hydrogens is 326 g/mol. The maximum Gasteiger partial charge on any atom is 0.337 e. The molecule has 0 saturated heterocycles. The van der Waals surface area contributed by atoms with Gasteiger partial charge in [-0.05, 0) is 32.0 Å². The van der Waals surface area contributed by atoms with Gasteiger partial charge in [-0.2, -0.15) is 10.1 Å². The number of hydroxylamine groups is 2. The number of hydrogen-bond acceptors (Lipinski definition) is 9. The van der Waals surface area contributed by atoms with Gasteiger partial charge >= 0.3 is 5.97 Å². The van der Waals surface area contributed by atoms with Crippen LogP contribution in [0.25, 0.3) is 0 Å². The smallest absolute Gasteiger partial charge is 0.337 e. The quantitative estimate of drug-likeness (QED) is 0.552. The van der Waals surface area contributed by atoms with Crippen molar-refractivity contribution in [3.05, 3.63) is 29.8 Å². The molecular formula is C16H23N5O4. The third-order valence-corrected chi connectivity index (χ3v) is 3.36. The first kappa shape index (κ1) is 18.5. The molecule has 25 heavy (non-hydrogen) atoms. The number of rotatable bonds is 7. The van der Waals surface area contributed by atoms with Crippen molar-refractivity contribution in [1.82, 2.24) is 5.06 Å². The van der Waals surface area contributed by atoms with E-state index in [1.165, 1.54) is 12.2 Å². The zero-order valence-corrected chi connectivity index (χ0v) is 14.6. The highest BCUT2D eigenvalue weighted by molar-refractivity contribution is 5.95. The van der Waals surface area contributed by atoms with Gasteiger partial charge in [0.15, 0.2) is 5.66 Å². The highest BCUT2D eigenvalue weighted by Crippen LogP contribution is 2.20. The van der Waals surface area contributed by atoms with Crippen LogP contribution in [0.15, 0.2) is 34.3 Å². The van der Waals surface area contributed by atoms with E-state index in [2.05, 4.69) is 14.7 Å². The fourth-order valence-corrected chi connectivity index (χ4v) is 2.25. The Bertz CT molecular complexity index is 687. The SMILES string of the molecule is COC(=O)c1cccc(OCCCON2C(N)=NC(N)=NC2(C)C)c1. The van der Waals surface area contributed by atoms with E-state index in [-0.39, 0.29) is 11.9 Å². The number of ether oxygens (including phenoxy) is 2. The second-order valence-electron chi connectivity index (χ2n) is 5.78. The molecule has 9 nitrogen and oxygen atoms in total. The highest BCUT2D eigenvalue weighted by Gasteiger charge is 2.32. The lowest BCUT2D eigenvalue weighted by Crippen LogP contribution is -2.53. The van der Waals surface area contributed by atoms with Crippen molar-refractivity contribution >= 4 is 17.9 Å². The van der Waals surface area contributed by atoms with Gasteiger partial charge in [0.05, 0.1) is 25.9 Å². The Morgan fingerprint density at radius 1 is 1.28 bits per heavy atom. The van der Waals surface area contributed by atoms with Crippen molar-refractivity contribution in [2.75, 3.05) is 20.3 Å². The molecule has 0 saturated carbocycles. The van der Waals surface area contributed by atoms with E-state index in [0.717, 1.165) is 0 Å². The van der Waals surface area contributed by atoms with E-state index in [0.29, 0.717) is 30.9 Å². The van der Waals surface area contributed by atoms with Crippen molar-refractivity contribution in [3.8, 4) is 5.75 Å². The molecule has 0 aromatic heterocycles. The van der Waals surface area contributed by atoms with Gasteiger partial charge in [-0.3, -0.25) is 4.84 Å². The average molecular weight is 349 g/mol. The molecule has 1 aromatic carbocycles. The maximum absolute atomic E-state index is 11.5. The topological polar surface area (TPSA) is 125 Å². The standard InChI is InChI=1S/C16H23N5O4/c1-16(2)20-14(17)19-15(18)21(16)25-9-5-8-24-12-7-4-6-11(10-12)13(22)23-3/h4,6-7,10H,5,8-9H2,1-3H3,(H4,17,18,19,20). The zero-order valence-electron chi connectivity index (χ0n) is 14.6. The molecule has 0 bridgehead atoms. The van der Waals surface area contributed by atoms with Crippen molar-refractivity contribution in [2.45, 2.75) is 25.9 Å². The van der Waals surface area contributed by atoms with Crippen LogP contribution in [0.5, 0.6) is 5.75 Å². The summed E-state index contributed by atoms with van der Waals surface area (Å²) >= 11 is 0. The average Bonchev–Trinajstić information content (AvgIpc) is 2.55. The normalized spacial score (nSPS) is 16.0. The summed E-state index contributed by atoms with van der Waals surface area (Å²) in [4.78, 5) is 25.2. The molecule has 0 fully saturated rings. The molecule has 4 N–H and O–H groups in total. The summed E-state index contributed by atoms with van der Waals surface area (Å²) in [5.41, 5.74) is 11.1. The molecule has 0 spiro atoms. The Labute approximate surface area is 146 Å². The van der Waals surface area contributed by atoms with Crippen LogP contribution in [0.1, 0.15) is 30.6 Å². The van der Waals surface area contributed by atoms with Crippen LogP contribution in [-0.2, 0) is 9.57 Å². The summed E-state index contributed by atoms with van der Waals surface area (Å²) in [7, 11) is 1.34. The predicted molar refractivity (Wildman–Crippen MR) is 93.0 cm³/mol. The number of hydrogen-bond donors (Lipinski definition) is 2. The molecule has 0 unspecified atom stereocenters. The molecule has 0 amide bonds. The number of esters is 1. The van der Waals surface area contributed by atoms with Gasteiger partial charge in [-0.25, -0.2) is 9.79 Å². The molecule has 0 atom stereocenters. The number of carbonyl (C=O) groups is 1. The summed E-state index contributed by atoms with van der Waals surface area (Å²) in [6.07, 6.45) is 0.599. The van der Waals surface area contributed by atoms with Crippen molar-refractivity contribution in [3.63, 3.8) is 0 Å². The molecule has 1 aromatic rings. The third kappa shape index (κ3) is 4.83. The molecule has 0 aliphatic carbocycles.